The van der Waals surface area contributed by atoms with Crippen LogP contribution in [-0.4, -0.2) is 27.0 Å². The fourth-order valence-electron chi connectivity index (χ4n) is 1.82. The molecule has 1 aromatic carbocycles. The van der Waals surface area contributed by atoms with Crippen molar-refractivity contribution in [2.45, 2.75) is 20.0 Å². The van der Waals surface area contributed by atoms with Gasteiger partial charge in [-0.3, -0.25) is 4.68 Å². The molecule has 1 heterocycles. The molecule has 0 saturated heterocycles. The Hall–Kier alpha value is -2.30. The fraction of sp³-hybridized carbons (Fsp3) is 0.286. The van der Waals surface area contributed by atoms with Gasteiger partial charge in [-0.25, -0.2) is 4.79 Å². The molecule has 0 spiro atoms. The molecule has 5 heteroatoms. The molecule has 2 rings (SSSR count). The second-order valence-corrected chi connectivity index (χ2v) is 4.56. The van der Waals surface area contributed by atoms with Crippen LogP contribution in [0.5, 0.6) is 5.75 Å². The normalized spacial score (nSPS) is 10.7. The molecular formula is C14H16N2O3. The minimum absolute atomic E-state index is 0.107. The number of aromatic nitrogens is 2. The van der Waals surface area contributed by atoms with Gasteiger partial charge >= 0.3 is 5.97 Å². The third-order valence-electron chi connectivity index (χ3n) is 2.56. The number of hydrogen-bond donors (Lipinski definition) is 1. The Morgan fingerprint density at radius 1 is 1.32 bits per heavy atom. The van der Waals surface area contributed by atoms with E-state index in [4.69, 9.17) is 9.84 Å². The van der Waals surface area contributed by atoms with Crippen LogP contribution < -0.4 is 4.74 Å². The summed E-state index contributed by atoms with van der Waals surface area (Å²) in [6, 6.07) is 7.25. The van der Waals surface area contributed by atoms with Crippen molar-refractivity contribution in [2.24, 2.45) is 7.05 Å². The van der Waals surface area contributed by atoms with Gasteiger partial charge in [0.1, 0.15) is 17.0 Å². The number of nitrogens with zero attached hydrogens (tertiary/aromatic N) is 2. The smallest absolute Gasteiger partial charge is 0.339 e. The minimum atomic E-state index is -0.981. The van der Waals surface area contributed by atoms with Crippen LogP contribution >= 0.6 is 0 Å². The Labute approximate surface area is 111 Å². The topological polar surface area (TPSA) is 64.4 Å². The monoisotopic (exact) mass is 260 g/mol. The van der Waals surface area contributed by atoms with E-state index in [1.165, 1.54) is 10.9 Å². The summed E-state index contributed by atoms with van der Waals surface area (Å²) in [6.07, 6.45) is 1.60. The first-order chi connectivity index (χ1) is 8.97. The zero-order chi connectivity index (χ0) is 14.0. The van der Waals surface area contributed by atoms with Crippen molar-refractivity contribution in [3.8, 4) is 17.0 Å². The number of carbonyl (C=O) groups is 1. The van der Waals surface area contributed by atoms with Crippen molar-refractivity contribution in [3.63, 3.8) is 0 Å². The van der Waals surface area contributed by atoms with E-state index in [1.54, 1.807) is 7.05 Å². The van der Waals surface area contributed by atoms with E-state index in [1.807, 2.05) is 38.1 Å². The first kappa shape index (κ1) is 13.1. The van der Waals surface area contributed by atoms with Crippen molar-refractivity contribution in [3.05, 3.63) is 36.0 Å². The molecule has 0 amide bonds. The Morgan fingerprint density at radius 3 is 2.47 bits per heavy atom. The van der Waals surface area contributed by atoms with Gasteiger partial charge in [-0.2, -0.15) is 5.10 Å². The number of aromatic carboxylic acids is 1. The molecule has 0 unspecified atom stereocenters. The summed E-state index contributed by atoms with van der Waals surface area (Å²) in [5.74, 6) is -0.225. The van der Waals surface area contributed by atoms with Gasteiger partial charge in [-0.05, 0) is 38.1 Å². The second kappa shape index (κ2) is 5.14. The van der Waals surface area contributed by atoms with Gasteiger partial charge in [-0.15, -0.1) is 0 Å². The van der Waals surface area contributed by atoms with Crippen LogP contribution in [0.3, 0.4) is 0 Å². The van der Waals surface area contributed by atoms with Crippen LogP contribution in [0.15, 0.2) is 30.5 Å². The number of rotatable bonds is 4. The van der Waals surface area contributed by atoms with Gasteiger partial charge in [0.2, 0.25) is 0 Å². The van der Waals surface area contributed by atoms with Crippen LogP contribution in [0.1, 0.15) is 24.2 Å². The Balaban J connectivity index is 2.34. The molecule has 0 bridgehead atoms. The lowest BCUT2D eigenvalue weighted by molar-refractivity contribution is 0.0697. The zero-order valence-corrected chi connectivity index (χ0v) is 11.1. The second-order valence-electron chi connectivity index (χ2n) is 4.56. The molecule has 0 aliphatic rings. The Kier molecular flexibility index (Phi) is 3.55. The van der Waals surface area contributed by atoms with Crippen molar-refractivity contribution < 1.29 is 14.6 Å². The number of aryl methyl sites for hydroxylation is 1. The lowest BCUT2D eigenvalue weighted by atomic mass is 10.1. The summed E-state index contributed by atoms with van der Waals surface area (Å²) in [7, 11) is 1.70. The van der Waals surface area contributed by atoms with Crippen LogP contribution in [-0.2, 0) is 7.05 Å². The number of ether oxygens (including phenoxy) is 1. The third-order valence-corrected chi connectivity index (χ3v) is 2.56. The highest BCUT2D eigenvalue weighted by Crippen LogP contribution is 2.24. The third kappa shape index (κ3) is 2.93. The zero-order valence-electron chi connectivity index (χ0n) is 11.1. The quantitative estimate of drug-likeness (QED) is 0.917. The van der Waals surface area contributed by atoms with E-state index in [0.717, 1.165) is 11.3 Å². The molecule has 1 aromatic heterocycles. The van der Waals surface area contributed by atoms with E-state index in [-0.39, 0.29) is 11.7 Å². The SMILES string of the molecule is CC(C)Oc1ccc(-c2nn(C)cc2C(=O)O)cc1. The van der Waals surface area contributed by atoms with Crippen LogP contribution in [0.2, 0.25) is 0 Å². The molecule has 1 N–H and O–H groups in total. The highest BCUT2D eigenvalue weighted by Gasteiger charge is 2.16. The van der Waals surface area contributed by atoms with Gasteiger partial charge in [0.15, 0.2) is 0 Å². The number of carboxylic acids is 1. The maximum Gasteiger partial charge on any atom is 0.339 e. The molecule has 0 aliphatic carbocycles. The molecule has 5 nitrogen and oxygen atoms in total. The molecule has 0 aliphatic heterocycles. The molecule has 100 valence electrons. The standard InChI is InChI=1S/C14H16N2O3/c1-9(2)19-11-6-4-10(5-7-11)13-12(14(17)18)8-16(3)15-13/h4-9H,1-3H3,(H,17,18). The van der Waals surface area contributed by atoms with Gasteiger partial charge in [0, 0.05) is 18.8 Å². The Bertz CT molecular complexity index is 585. The first-order valence-electron chi connectivity index (χ1n) is 6.01. The molecule has 0 radical (unpaired) electrons. The molecular weight excluding hydrogens is 244 g/mol. The van der Waals surface area contributed by atoms with Crippen molar-refractivity contribution in [1.29, 1.82) is 0 Å². The molecule has 0 saturated carbocycles. The predicted octanol–water partition coefficient (Wildman–Crippen LogP) is 2.57. The van der Waals surface area contributed by atoms with Gasteiger partial charge in [0.25, 0.3) is 0 Å². The molecule has 0 fully saturated rings. The summed E-state index contributed by atoms with van der Waals surface area (Å²) < 4.78 is 7.04. The number of carboxylic acid groups (broad SMARTS) is 1. The van der Waals surface area contributed by atoms with Crippen LogP contribution in [0, 0.1) is 0 Å². The van der Waals surface area contributed by atoms with E-state index < -0.39 is 5.97 Å². The average molecular weight is 260 g/mol. The maximum absolute atomic E-state index is 11.1. The largest absolute Gasteiger partial charge is 0.491 e. The summed E-state index contributed by atoms with van der Waals surface area (Å²) in [4.78, 5) is 11.1. The van der Waals surface area contributed by atoms with Gasteiger partial charge in [0.05, 0.1) is 6.10 Å². The van der Waals surface area contributed by atoms with Crippen LogP contribution in [0.25, 0.3) is 11.3 Å². The summed E-state index contributed by atoms with van der Waals surface area (Å²) >= 11 is 0. The lowest BCUT2D eigenvalue weighted by Crippen LogP contribution is -2.05. The number of hydrogen-bond acceptors (Lipinski definition) is 3. The summed E-state index contributed by atoms with van der Waals surface area (Å²) in [5, 5.41) is 13.3. The molecule has 0 atom stereocenters. The lowest BCUT2D eigenvalue weighted by Gasteiger charge is -2.09. The van der Waals surface area contributed by atoms with Crippen molar-refractivity contribution in [1.82, 2.24) is 9.78 Å². The fourth-order valence-corrected chi connectivity index (χ4v) is 1.82. The first-order valence-corrected chi connectivity index (χ1v) is 6.01. The highest BCUT2D eigenvalue weighted by molar-refractivity contribution is 5.94. The summed E-state index contributed by atoms with van der Waals surface area (Å²) in [5.41, 5.74) is 1.42. The van der Waals surface area contributed by atoms with E-state index >= 15 is 0 Å². The molecule has 2 aromatic rings. The van der Waals surface area contributed by atoms with Crippen LogP contribution in [0.4, 0.5) is 0 Å². The minimum Gasteiger partial charge on any atom is -0.491 e. The predicted molar refractivity (Wildman–Crippen MR) is 71.4 cm³/mol. The Morgan fingerprint density at radius 2 is 1.95 bits per heavy atom. The van der Waals surface area contributed by atoms with E-state index in [9.17, 15) is 4.79 Å². The van der Waals surface area contributed by atoms with Crippen molar-refractivity contribution >= 4 is 5.97 Å². The number of benzene rings is 1. The van der Waals surface area contributed by atoms with Crippen molar-refractivity contribution in [2.75, 3.05) is 0 Å². The van der Waals surface area contributed by atoms with Gasteiger partial charge < -0.3 is 9.84 Å². The van der Waals surface area contributed by atoms with Gasteiger partial charge in [-0.1, -0.05) is 0 Å². The average Bonchev–Trinajstić information content (AvgIpc) is 2.72. The molecule has 19 heavy (non-hydrogen) atoms. The highest BCUT2D eigenvalue weighted by atomic mass is 16.5. The van der Waals surface area contributed by atoms with E-state index in [2.05, 4.69) is 5.10 Å². The maximum atomic E-state index is 11.1. The summed E-state index contributed by atoms with van der Waals surface area (Å²) in [6.45, 7) is 3.91. The van der Waals surface area contributed by atoms with E-state index in [0.29, 0.717) is 5.69 Å².